The van der Waals surface area contributed by atoms with Crippen molar-refractivity contribution in [3.63, 3.8) is 0 Å². The largest absolute Gasteiger partial charge is 0.346 e. The molecule has 3 rings (SSSR count). The van der Waals surface area contributed by atoms with Crippen molar-refractivity contribution in [2.45, 2.75) is 39.3 Å². The third kappa shape index (κ3) is 2.53. The Morgan fingerprint density at radius 1 is 1.47 bits per heavy atom. The van der Waals surface area contributed by atoms with E-state index in [9.17, 15) is 4.79 Å². The Morgan fingerprint density at radius 2 is 2.32 bits per heavy atom. The van der Waals surface area contributed by atoms with Crippen LogP contribution >= 0.6 is 11.3 Å². The van der Waals surface area contributed by atoms with Crippen LogP contribution in [0.5, 0.6) is 0 Å². The molecule has 6 heteroatoms. The fraction of sp³-hybridized carbons (Fsp3) is 0.462. The number of aryl methyl sites for hydroxylation is 3. The first-order valence-electron chi connectivity index (χ1n) is 6.37. The molecule has 0 spiro atoms. The van der Waals surface area contributed by atoms with Gasteiger partial charge in [-0.1, -0.05) is 0 Å². The Morgan fingerprint density at radius 3 is 3.05 bits per heavy atom. The van der Waals surface area contributed by atoms with Crippen LogP contribution in [0.1, 0.15) is 33.4 Å². The average molecular weight is 276 g/mol. The number of hydrogen-bond acceptors (Lipinski definition) is 4. The molecule has 0 saturated heterocycles. The summed E-state index contributed by atoms with van der Waals surface area (Å²) in [7, 11) is 0. The van der Waals surface area contributed by atoms with E-state index in [0.29, 0.717) is 5.69 Å². The summed E-state index contributed by atoms with van der Waals surface area (Å²) in [5.74, 6) is 1.04. The highest BCUT2D eigenvalue weighted by Crippen LogP contribution is 2.16. The molecule has 0 bridgehead atoms. The van der Waals surface area contributed by atoms with E-state index in [4.69, 9.17) is 0 Å². The molecule has 19 heavy (non-hydrogen) atoms. The van der Waals surface area contributed by atoms with Gasteiger partial charge in [-0.3, -0.25) is 4.79 Å². The smallest absolute Gasteiger partial charge is 0.271 e. The second kappa shape index (κ2) is 4.77. The highest BCUT2D eigenvalue weighted by atomic mass is 32.1. The van der Waals surface area contributed by atoms with Crippen molar-refractivity contribution in [3.8, 4) is 0 Å². The standard InChI is InChI=1S/C13H16N4OS/c1-8-5-17-6-10(3-4-12(17)14-8)16-13(18)11-7-19-9(2)15-11/h5,7,10H,3-4,6H2,1-2H3,(H,16,18)/t10-/m1/s1. The number of imidazole rings is 1. The quantitative estimate of drug-likeness (QED) is 0.908. The number of hydrogen-bond donors (Lipinski definition) is 1. The van der Waals surface area contributed by atoms with Crippen molar-refractivity contribution in [2.75, 3.05) is 0 Å². The normalized spacial score (nSPS) is 18.1. The minimum absolute atomic E-state index is 0.0744. The van der Waals surface area contributed by atoms with Crippen molar-refractivity contribution in [2.24, 2.45) is 0 Å². The molecule has 1 atom stereocenters. The molecule has 2 aromatic heterocycles. The first kappa shape index (κ1) is 12.3. The van der Waals surface area contributed by atoms with Gasteiger partial charge >= 0.3 is 0 Å². The topological polar surface area (TPSA) is 59.8 Å². The van der Waals surface area contributed by atoms with E-state index in [2.05, 4.69) is 19.9 Å². The number of rotatable bonds is 2. The van der Waals surface area contributed by atoms with E-state index in [-0.39, 0.29) is 11.9 Å². The van der Waals surface area contributed by atoms with Gasteiger partial charge in [0.25, 0.3) is 5.91 Å². The predicted octanol–water partition coefficient (Wildman–Crippen LogP) is 1.70. The third-order valence-electron chi connectivity index (χ3n) is 3.30. The second-order valence-electron chi connectivity index (χ2n) is 4.91. The maximum atomic E-state index is 12.1. The zero-order chi connectivity index (χ0) is 13.4. The molecule has 1 N–H and O–H groups in total. The maximum absolute atomic E-state index is 12.1. The zero-order valence-electron chi connectivity index (χ0n) is 11.0. The first-order chi connectivity index (χ1) is 9.11. The van der Waals surface area contributed by atoms with Crippen LogP contribution in [-0.4, -0.2) is 26.5 Å². The number of aromatic nitrogens is 3. The van der Waals surface area contributed by atoms with E-state index >= 15 is 0 Å². The van der Waals surface area contributed by atoms with Gasteiger partial charge in [0.1, 0.15) is 11.5 Å². The van der Waals surface area contributed by atoms with Gasteiger partial charge in [0.05, 0.1) is 10.7 Å². The van der Waals surface area contributed by atoms with Crippen LogP contribution in [0.15, 0.2) is 11.6 Å². The fourth-order valence-electron chi connectivity index (χ4n) is 2.43. The van der Waals surface area contributed by atoms with E-state index in [1.807, 2.05) is 20.0 Å². The summed E-state index contributed by atoms with van der Waals surface area (Å²) in [5.41, 5.74) is 1.56. The lowest BCUT2D eigenvalue weighted by atomic mass is 10.1. The summed E-state index contributed by atoms with van der Waals surface area (Å²) >= 11 is 1.50. The van der Waals surface area contributed by atoms with Gasteiger partial charge in [0, 0.05) is 30.6 Å². The molecule has 2 aromatic rings. The lowest BCUT2D eigenvalue weighted by Crippen LogP contribution is -2.41. The lowest BCUT2D eigenvalue weighted by Gasteiger charge is -2.24. The van der Waals surface area contributed by atoms with Gasteiger partial charge < -0.3 is 9.88 Å². The van der Waals surface area contributed by atoms with Gasteiger partial charge in [-0.25, -0.2) is 9.97 Å². The van der Waals surface area contributed by atoms with E-state index < -0.39 is 0 Å². The fourth-order valence-corrected chi connectivity index (χ4v) is 3.02. The van der Waals surface area contributed by atoms with Gasteiger partial charge in [-0.2, -0.15) is 0 Å². The van der Waals surface area contributed by atoms with Crippen LogP contribution in [0, 0.1) is 13.8 Å². The van der Waals surface area contributed by atoms with Gasteiger partial charge in [0.2, 0.25) is 0 Å². The van der Waals surface area contributed by atoms with Gasteiger partial charge in [-0.05, 0) is 20.3 Å². The van der Waals surface area contributed by atoms with Crippen LogP contribution in [0.4, 0.5) is 0 Å². The number of thiazole rings is 1. The molecule has 100 valence electrons. The Hall–Kier alpha value is -1.69. The van der Waals surface area contributed by atoms with Crippen LogP contribution in [0.25, 0.3) is 0 Å². The summed E-state index contributed by atoms with van der Waals surface area (Å²) < 4.78 is 2.13. The van der Waals surface area contributed by atoms with Crippen molar-refractivity contribution >= 4 is 17.2 Å². The summed E-state index contributed by atoms with van der Waals surface area (Å²) in [6.45, 7) is 4.70. The number of fused-ring (bicyclic) bond motifs is 1. The summed E-state index contributed by atoms with van der Waals surface area (Å²) in [4.78, 5) is 20.7. The number of nitrogens with zero attached hydrogens (tertiary/aromatic N) is 3. The molecule has 0 unspecified atom stereocenters. The molecule has 0 saturated carbocycles. The molecule has 1 amide bonds. The monoisotopic (exact) mass is 276 g/mol. The van der Waals surface area contributed by atoms with Crippen LogP contribution < -0.4 is 5.32 Å². The minimum atomic E-state index is -0.0744. The molecular formula is C13H16N4OS. The third-order valence-corrected chi connectivity index (χ3v) is 4.07. The highest BCUT2D eigenvalue weighted by Gasteiger charge is 2.22. The Kier molecular flexibility index (Phi) is 3.10. The summed E-state index contributed by atoms with van der Waals surface area (Å²) in [6, 6.07) is 0.163. The molecule has 3 heterocycles. The molecule has 0 aromatic carbocycles. The Balaban J connectivity index is 1.67. The minimum Gasteiger partial charge on any atom is -0.346 e. The van der Waals surface area contributed by atoms with Crippen LogP contribution in [0.3, 0.4) is 0 Å². The van der Waals surface area contributed by atoms with E-state index in [1.54, 1.807) is 5.38 Å². The average Bonchev–Trinajstić information content (AvgIpc) is 2.93. The molecule has 0 aliphatic carbocycles. The molecule has 1 aliphatic heterocycles. The Labute approximate surface area is 115 Å². The lowest BCUT2D eigenvalue weighted by molar-refractivity contribution is 0.0923. The SMILES string of the molecule is Cc1cn2c(n1)CC[C@@H](NC(=O)c1csc(C)n1)C2. The Bertz CT molecular complexity index is 616. The number of nitrogens with one attached hydrogen (secondary N) is 1. The number of carbonyl (C=O) groups excluding carboxylic acids is 1. The summed E-state index contributed by atoms with van der Waals surface area (Å²) in [6.07, 6.45) is 3.89. The van der Waals surface area contributed by atoms with Gasteiger partial charge in [-0.15, -0.1) is 11.3 Å². The first-order valence-corrected chi connectivity index (χ1v) is 7.25. The van der Waals surface area contributed by atoms with Crippen LogP contribution in [-0.2, 0) is 13.0 Å². The molecule has 0 fully saturated rings. The predicted molar refractivity (Wildman–Crippen MR) is 73.4 cm³/mol. The van der Waals surface area contributed by atoms with E-state index in [1.165, 1.54) is 11.3 Å². The molecular weight excluding hydrogens is 260 g/mol. The van der Waals surface area contributed by atoms with E-state index in [0.717, 1.165) is 35.9 Å². The summed E-state index contributed by atoms with van der Waals surface area (Å²) in [5, 5.41) is 5.78. The molecule has 0 radical (unpaired) electrons. The zero-order valence-corrected chi connectivity index (χ0v) is 11.8. The molecule has 1 aliphatic rings. The number of carbonyl (C=O) groups is 1. The van der Waals surface area contributed by atoms with Crippen molar-refractivity contribution in [1.82, 2.24) is 19.9 Å². The van der Waals surface area contributed by atoms with Gasteiger partial charge in [0.15, 0.2) is 0 Å². The highest BCUT2D eigenvalue weighted by molar-refractivity contribution is 7.09. The van der Waals surface area contributed by atoms with Crippen LogP contribution in [0.2, 0.25) is 0 Å². The molecule has 5 nitrogen and oxygen atoms in total. The maximum Gasteiger partial charge on any atom is 0.271 e. The number of amides is 1. The van der Waals surface area contributed by atoms with Crippen molar-refractivity contribution in [3.05, 3.63) is 33.8 Å². The second-order valence-corrected chi connectivity index (χ2v) is 5.97. The van der Waals surface area contributed by atoms with Crippen molar-refractivity contribution in [1.29, 1.82) is 0 Å². The van der Waals surface area contributed by atoms with Crippen molar-refractivity contribution < 1.29 is 4.79 Å².